The fraction of sp³-hybridized carbons (Fsp3) is 0.280. The lowest BCUT2D eigenvalue weighted by Crippen LogP contribution is -2.27. The van der Waals surface area contributed by atoms with Gasteiger partial charge in [-0.05, 0) is 62.2 Å². The molecule has 0 aliphatic rings. The molecule has 9 heteroatoms. The molecule has 2 N–H and O–H groups in total. The summed E-state index contributed by atoms with van der Waals surface area (Å²) >= 11 is 0. The summed E-state index contributed by atoms with van der Waals surface area (Å²) < 4.78 is 11.9. The molecule has 0 fully saturated rings. The van der Waals surface area contributed by atoms with Crippen molar-refractivity contribution in [2.75, 3.05) is 25.6 Å². The number of aryl methyl sites for hydroxylation is 1. The molecule has 3 aromatic heterocycles. The number of carbonyl (C=O) groups excluding carboxylic acids is 1. The van der Waals surface area contributed by atoms with Gasteiger partial charge in [0, 0.05) is 30.6 Å². The fourth-order valence-corrected chi connectivity index (χ4v) is 4.08. The third-order valence-corrected chi connectivity index (χ3v) is 5.47. The lowest BCUT2D eigenvalue weighted by Gasteiger charge is -2.18. The largest absolute Gasteiger partial charge is 0.450 e. The van der Waals surface area contributed by atoms with Crippen molar-refractivity contribution in [1.82, 2.24) is 19.5 Å². The van der Waals surface area contributed by atoms with E-state index in [1.165, 1.54) is 0 Å². The molecule has 1 atom stereocenters. The smallest absolute Gasteiger partial charge is 0.413 e. The minimum Gasteiger partial charge on any atom is -0.450 e. The number of pyridine rings is 2. The van der Waals surface area contributed by atoms with Gasteiger partial charge < -0.3 is 19.0 Å². The number of benzene rings is 1. The Morgan fingerprint density at radius 2 is 2.00 bits per heavy atom. The van der Waals surface area contributed by atoms with Crippen molar-refractivity contribution in [2.24, 2.45) is 0 Å². The monoisotopic (exact) mass is 461 g/mol. The van der Waals surface area contributed by atoms with E-state index in [1.807, 2.05) is 50.2 Å². The van der Waals surface area contributed by atoms with Crippen LogP contribution in [0.15, 0.2) is 53.5 Å². The first-order valence-electron chi connectivity index (χ1n) is 11.0. The Balaban J connectivity index is 1.85. The Labute approximate surface area is 196 Å². The average Bonchev–Trinajstić information content (AvgIpc) is 3.21. The molecule has 176 valence electrons. The van der Waals surface area contributed by atoms with Crippen LogP contribution in [0.25, 0.3) is 33.4 Å². The summed E-state index contributed by atoms with van der Waals surface area (Å²) in [5.74, 6) is 0.266. The molecule has 0 aliphatic heterocycles. The number of ether oxygens (including phenoxy) is 2. The summed E-state index contributed by atoms with van der Waals surface area (Å²) in [7, 11) is 1.62. The molecule has 34 heavy (non-hydrogen) atoms. The number of amides is 1. The van der Waals surface area contributed by atoms with E-state index in [-0.39, 0.29) is 24.2 Å². The highest BCUT2D eigenvalue weighted by atomic mass is 16.5. The highest BCUT2D eigenvalue weighted by Crippen LogP contribution is 2.33. The third-order valence-electron chi connectivity index (χ3n) is 5.47. The van der Waals surface area contributed by atoms with Crippen molar-refractivity contribution in [3.63, 3.8) is 0 Å². The van der Waals surface area contributed by atoms with Gasteiger partial charge in [0.15, 0.2) is 0 Å². The predicted octanol–water partition coefficient (Wildman–Crippen LogP) is 4.54. The van der Waals surface area contributed by atoms with Gasteiger partial charge in [0.25, 0.3) is 5.56 Å². The number of nitrogens with one attached hydrogen (secondary N) is 2. The Morgan fingerprint density at radius 1 is 1.21 bits per heavy atom. The van der Waals surface area contributed by atoms with E-state index >= 15 is 0 Å². The molecule has 1 aromatic carbocycles. The van der Waals surface area contributed by atoms with Crippen LogP contribution in [0.5, 0.6) is 0 Å². The first kappa shape index (κ1) is 23.2. The zero-order valence-corrected chi connectivity index (χ0v) is 19.6. The Kier molecular flexibility index (Phi) is 6.74. The maximum absolute atomic E-state index is 13.0. The molecule has 9 nitrogen and oxygen atoms in total. The van der Waals surface area contributed by atoms with Crippen LogP contribution in [0.3, 0.4) is 0 Å². The zero-order valence-electron chi connectivity index (χ0n) is 19.6. The number of hydrogen-bond donors (Lipinski definition) is 2. The number of aromatic nitrogens is 4. The topological polar surface area (TPSA) is 111 Å². The molecule has 0 bridgehead atoms. The standard InChI is InChI=1S/C25H27N5O4/c1-5-34-25(32)29-24-27-21-12-18(11-19(23(21)28-24)20-8-6-7-9-26-20)17-10-15(2)30(22(31)13-17)16(3)14-33-4/h6-13,16H,5,14H2,1-4H3,(H2,27,28,29,32)/t16-/m0/s1. The first-order chi connectivity index (χ1) is 16.4. The highest BCUT2D eigenvalue weighted by molar-refractivity contribution is 5.97. The highest BCUT2D eigenvalue weighted by Gasteiger charge is 2.17. The average molecular weight is 462 g/mol. The Morgan fingerprint density at radius 3 is 2.68 bits per heavy atom. The molecule has 1 amide bonds. The van der Waals surface area contributed by atoms with Crippen LogP contribution in [0.2, 0.25) is 0 Å². The summed E-state index contributed by atoms with van der Waals surface area (Å²) in [6.07, 6.45) is 1.12. The lowest BCUT2D eigenvalue weighted by molar-refractivity contribution is 0.160. The summed E-state index contributed by atoms with van der Waals surface area (Å²) in [6.45, 7) is 6.29. The van der Waals surface area contributed by atoms with Gasteiger partial charge in [0.2, 0.25) is 5.95 Å². The molecular formula is C25H27N5O4. The number of hydrogen-bond acceptors (Lipinski definition) is 6. The van der Waals surface area contributed by atoms with E-state index in [0.717, 1.165) is 28.1 Å². The van der Waals surface area contributed by atoms with E-state index in [1.54, 1.807) is 30.9 Å². The van der Waals surface area contributed by atoms with Crippen molar-refractivity contribution >= 4 is 23.1 Å². The van der Waals surface area contributed by atoms with Crippen LogP contribution in [0.1, 0.15) is 25.6 Å². The van der Waals surface area contributed by atoms with Gasteiger partial charge in [-0.2, -0.15) is 0 Å². The number of aromatic amines is 1. The second kappa shape index (κ2) is 9.88. The zero-order chi connectivity index (χ0) is 24.2. The predicted molar refractivity (Wildman–Crippen MR) is 131 cm³/mol. The molecule has 0 saturated carbocycles. The number of carbonyl (C=O) groups is 1. The molecule has 4 aromatic rings. The minimum atomic E-state index is -0.592. The number of imidazole rings is 1. The van der Waals surface area contributed by atoms with Crippen molar-refractivity contribution in [2.45, 2.75) is 26.8 Å². The molecule has 0 unspecified atom stereocenters. The van der Waals surface area contributed by atoms with Crippen LogP contribution >= 0.6 is 0 Å². The van der Waals surface area contributed by atoms with Gasteiger partial charge in [-0.25, -0.2) is 9.78 Å². The molecule has 3 heterocycles. The number of anilines is 1. The second-order valence-electron chi connectivity index (χ2n) is 7.96. The first-order valence-corrected chi connectivity index (χ1v) is 11.0. The van der Waals surface area contributed by atoms with Gasteiger partial charge in [-0.15, -0.1) is 0 Å². The van der Waals surface area contributed by atoms with E-state index in [4.69, 9.17) is 9.47 Å². The third kappa shape index (κ3) is 4.69. The number of H-pyrrole nitrogens is 1. The van der Waals surface area contributed by atoms with Crippen molar-refractivity contribution in [1.29, 1.82) is 0 Å². The number of methoxy groups -OCH3 is 1. The van der Waals surface area contributed by atoms with E-state index in [0.29, 0.717) is 17.6 Å². The number of fused-ring (bicyclic) bond motifs is 1. The summed E-state index contributed by atoms with van der Waals surface area (Å²) in [5, 5.41) is 2.61. The number of rotatable bonds is 7. The lowest BCUT2D eigenvalue weighted by atomic mass is 9.99. The summed E-state index contributed by atoms with van der Waals surface area (Å²) in [6, 6.07) is 13.0. The van der Waals surface area contributed by atoms with E-state index in [2.05, 4.69) is 20.3 Å². The molecule has 0 spiro atoms. The van der Waals surface area contributed by atoms with Crippen molar-refractivity contribution < 1.29 is 14.3 Å². The molecule has 4 rings (SSSR count). The Hall–Kier alpha value is -3.98. The van der Waals surface area contributed by atoms with Crippen molar-refractivity contribution in [3.8, 4) is 22.4 Å². The van der Waals surface area contributed by atoms with Gasteiger partial charge in [-0.1, -0.05) is 6.07 Å². The van der Waals surface area contributed by atoms with Crippen LogP contribution in [-0.4, -0.2) is 45.9 Å². The molecule has 0 radical (unpaired) electrons. The molecule has 0 aliphatic carbocycles. The van der Waals surface area contributed by atoms with Crippen LogP contribution in [-0.2, 0) is 9.47 Å². The Bertz CT molecular complexity index is 1380. The fourth-order valence-electron chi connectivity index (χ4n) is 4.08. The summed E-state index contributed by atoms with van der Waals surface area (Å²) in [5.41, 5.74) is 5.17. The van der Waals surface area contributed by atoms with Gasteiger partial charge in [-0.3, -0.25) is 15.1 Å². The maximum atomic E-state index is 13.0. The minimum absolute atomic E-state index is 0.0813. The normalized spacial score (nSPS) is 12.0. The number of nitrogens with zero attached hydrogens (tertiary/aromatic N) is 3. The van der Waals surface area contributed by atoms with Crippen LogP contribution in [0.4, 0.5) is 10.7 Å². The van der Waals surface area contributed by atoms with Gasteiger partial charge >= 0.3 is 6.09 Å². The van der Waals surface area contributed by atoms with Crippen LogP contribution in [0, 0.1) is 6.92 Å². The molecular weight excluding hydrogens is 434 g/mol. The quantitative estimate of drug-likeness (QED) is 0.418. The van der Waals surface area contributed by atoms with E-state index < -0.39 is 6.09 Å². The van der Waals surface area contributed by atoms with Gasteiger partial charge in [0.05, 0.1) is 36.0 Å². The maximum Gasteiger partial charge on any atom is 0.413 e. The summed E-state index contributed by atoms with van der Waals surface area (Å²) in [4.78, 5) is 37.0. The van der Waals surface area contributed by atoms with Crippen molar-refractivity contribution in [3.05, 3.63) is 64.7 Å². The van der Waals surface area contributed by atoms with Gasteiger partial charge in [0.1, 0.15) is 0 Å². The molecule has 0 saturated heterocycles. The van der Waals surface area contributed by atoms with E-state index in [9.17, 15) is 9.59 Å². The second-order valence-corrected chi connectivity index (χ2v) is 7.96. The van der Waals surface area contributed by atoms with Crippen LogP contribution < -0.4 is 10.9 Å². The SMILES string of the molecule is CCOC(=O)Nc1nc2c(-c3ccccn3)cc(-c3cc(C)n([C@@H](C)COC)c(=O)c3)cc2[nH]1.